The fourth-order valence-corrected chi connectivity index (χ4v) is 3.95. The van der Waals surface area contributed by atoms with Crippen molar-refractivity contribution in [2.45, 2.75) is 6.54 Å². The molecule has 1 aliphatic heterocycles. The first-order valence-corrected chi connectivity index (χ1v) is 9.35. The number of nitrogens with zero attached hydrogens (tertiary/aromatic N) is 4. The van der Waals surface area contributed by atoms with Crippen molar-refractivity contribution < 1.29 is 9.59 Å². The number of aromatic amines is 1. The van der Waals surface area contributed by atoms with Gasteiger partial charge in [-0.3, -0.25) is 24.3 Å². The number of hydrogen-bond acceptors (Lipinski definition) is 5. The number of hydrogen-bond donors (Lipinski definition) is 2. The summed E-state index contributed by atoms with van der Waals surface area (Å²) in [5.41, 5.74) is 11.9. The summed E-state index contributed by atoms with van der Waals surface area (Å²) in [6, 6.07) is 9.52. The first-order chi connectivity index (χ1) is 14.5. The third-order valence-corrected chi connectivity index (χ3v) is 5.41. The van der Waals surface area contributed by atoms with E-state index in [-0.39, 0.29) is 6.54 Å². The monoisotopic (exact) mass is 398 g/mol. The van der Waals surface area contributed by atoms with Crippen molar-refractivity contribution in [1.82, 2.24) is 24.9 Å². The molecule has 2 amide bonds. The Bertz CT molecular complexity index is 1360. The molecule has 1 aliphatic rings. The van der Waals surface area contributed by atoms with E-state index >= 15 is 0 Å². The van der Waals surface area contributed by atoms with E-state index < -0.39 is 11.8 Å². The number of anilines is 1. The highest BCUT2D eigenvalue weighted by Gasteiger charge is 2.34. The lowest BCUT2D eigenvalue weighted by Crippen LogP contribution is -2.29. The largest absolute Gasteiger partial charge is 0.398 e. The number of H-pyrrole nitrogens is 1. The van der Waals surface area contributed by atoms with Gasteiger partial charge in [0.2, 0.25) is 0 Å². The van der Waals surface area contributed by atoms with E-state index in [4.69, 9.17) is 5.73 Å². The van der Waals surface area contributed by atoms with Crippen LogP contribution in [0.2, 0.25) is 0 Å². The number of aryl methyl sites for hydroxylation is 1. The number of imide groups is 1. The lowest BCUT2D eigenvalue weighted by atomic mass is 9.94. The second kappa shape index (κ2) is 6.41. The van der Waals surface area contributed by atoms with E-state index in [1.807, 2.05) is 37.5 Å². The number of aromatic nitrogens is 4. The molecule has 5 rings (SSSR count). The molecule has 2 aromatic carbocycles. The second-order valence-corrected chi connectivity index (χ2v) is 7.22. The quantitative estimate of drug-likeness (QED) is 0.407. The zero-order valence-electron chi connectivity index (χ0n) is 16.2. The zero-order chi connectivity index (χ0) is 21.0. The van der Waals surface area contributed by atoms with Crippen LogP contribution in [0.1, 0.15) is 15.9 Å². The van der Waals surface area contributed by atoms with Gasteiger partial charge in [-0.15, -0.1) is 0 Å². The number of benzene rings is 2. The first kappa shape index (κ1) is 17.9. The van der Waals surface area contributed by atoms with E-state index in [2.05, 4.69) is 21.9 Å². The Kier molecular flexibility index (Phi) is 3.82. The van der Waals surface area contributed by atoms with Crippen LogP contribution in [-0.4, -0.2) is 36.7 Å². The summed E-state index contributed by atoms with van der Waals surface area (Å²) >= 11 is 0. The van der Waals surface area contributed by atoms with Gasteiger partial charge in [-0.1, -0.05) is 18.7 Å². The molecular weight excluding hydrogens is 380 g/mol. The SMILES string of the molecule is C=CC(=O)N1Cc2c(-c3ccc4[nH]nc(-c5cnn(C)c5)c4c3)ccc(N)c2C1=O. The fraction of sp³-hybridized carbons (Fsp3) is 0.0909. The van der Waals surface area contributed by atoms with Gasteiger partial charge < -0.3 is 5.73 Å². The molecule has 148 valence electrons. The third-order valence-electron chi connectivity index (χ3n) is 5.41. The number of fused-ring (bicyclic) bond motifs is 2. The number of amides is 2. The highest BCUT2D eigenvalue weighted by molar-refractivity contribution is 6.14. The predicted molar refractivity (Wildman–Crippen MR) is 113 cm³/mol. The maximum Gasteiger partial charge on any atom is 0.263 e. The van der Waals surface area contributed by atoms with Gasteiger partial charge in [-0.05, 0) is 41.0 Å². The van der Waals surface area contributed by atoms with E-state index in [0.29, 0.717) is 11.3 Å². The topological polar surface area (TPSA) is 110 Å². The molecule has 0 radical (unpaired) electrons. The lowest BCUT2D eigenvalue weighted by molar-refractivity contribution is -0.123. The fourth-order valence-electron chi connectivity index (χ4n) is 3.95. The van der Waals surface area contributed by atoms with E-state index in [1.165, 1.54) is 0 Å². The Morgan fingerprint density at radius 1 is 1.27 bits per heavy atom. The average Bonchev–Trinajstić information content (AvgIpc) is 3.44. The van der Waals surface area contributed by atoms with Crippen molar-refractivity contribution in [3.8, 4) is 22.4 Å². The van der Waals surface area contributed by atoms with Gasteiger partial charge in [0.05, 0.1) is 23.8 Å². The van der Waals surface area contributed by atoms with Crippen LogP contribution in [0.4, 0.5) is 5.69 Å². The van der Waals surface area contributed by atoms with Crippen LogP contribution in [0.3, 0.4) is 0 Å². The highest BCUT2D eigenvalue weighted by atomic mass is 16.2. The van der Waals surface area contributed by atoms with Gasteiger partial charge in [0.25, 0.3) is 11.8 Å². The van der Waals surface area contributed by atoms with Crippen molar-refractivity contribution in [2.75, 3.05) is 5.73 Å². The average molecular weight is 398 g/mol. The number of nitrogens with two attached hydrogens (primary N) is 1. The van der Waals surface area contributed by atoms with Gasteiger partial charge in [-0.25, -0.2) is 0 Å². The minimum Gasteiger partial charge on any atom is -0.398 e. The molecule has 0 saturated carbocycles. The number of rotatable bonds is 3. The van der Waals surface area contributed by atoms with Crippen LogP contribution in [0.5, 0.6) is 0 Å². The van der Waals surface area contributed by atoms with Crippen molar-refractivity contribution in [2.24, 2.45) is 7.05 Å². The molecule has 8 nitrogen and oxygen atoms in total. The van der Waals surface area contributed by atoms with Crippen molar-refractivity contribution in [3.05, 3.63) is 66.5 Å². The molecule has 0 atom stereocenters. The molecule has 0 saturated heterocycles. The normalized spacial score (nSPS) is 13.1. The molecule has 0 unspecified atom stereocenters. The maximum atomic E-state index is 12.8. The number of nitrogen functional groups attached to an aromatic ring is 1. The van der Waals surface area contributed by atoms with E-state index in [0.717, 1.165) is 49.8 Å². The van der Waals surface area contributed by atoms with Gasteiger partial charge in [0.15, 0.2) is 0 Å². The molecule has 30 heavy (non-hydrogen) atoms. The first-order valence-electron chi connectivity index (χ1n) is 9.35. The van der Waals surface area contributed by atoms with Crippen LogP contribution in [0.15, 0.2) is 55.4 Å². The minimum atomic E-state index is -0.439. The number of carbonyl (C=O) groups excluding carboxylic acids is 2. The lowest BCUT2D eigenvalue weighted by Gasteiger charge is -2.11. The molecule has 4 aromatic rings. The van der Waals surface area contributed by atoms with Gasteiger partial charge in [0.1, 0.15) is 5.69 Å². The summed E-state index contributed by atoms with van der Waals surface area (Å²) in [4.78, 5) is 26.1. The molecule has 3 heterocycles. The predicted octanol–water partition coefficient (Wildman–Crippen LogP) is 2.88. The maximum absolute atomic E-state index is 12.8. The van der Waals surface area contributed by atoms with Crippen molar-refractivity contribution in [1.29, 1.82) is 0 Å². The molecule has 0 fully saturated rings. The van der Waals surface area contributed by atoms with Crippen LogP contribution in [0, 0.1) is 0 Å². The summed E-state index contributed by atoms with van der Waals surface area (Å²) in [6.45, 7) is 3.65. The summed E-state index contributed by atoms with van der Waals surface area (Å²) < 4.78 is 1.73. The summed E-state index contributed by atoms with van der Waals surface area (Å²) in [5, 5.41) is 12.7. The Balaban J connectivity index is 1.67. The molecule has 0 aliphatic carbocycles. The smallest absolute Gasteiger partial charge is 0.263 e. The Labute approximate surface area is 171 Å². The van der Waals surface area contributed by atoms with Crippen LogP contribution in [0.25, 0.3) is 33.3 Å². The van der Waals surface area contributed by atoms with Gasteiger partial charge >= 0.3 is 0 Å². The minimum absolute atomic E-state index is 0.165. The van der Waals surface area contributed by atoms with Crippen LogP contribution >= 0.6 is 0 Å². The summed E-state index contributed by atoms with van der Waals surface area (Å²) in [5.74, 6) is -0.833. The Hall–Kier alpha value is -4.20. The van der Waals surface area contributed by atoms with Crippen molar-refractivity contribution >= 4 is 28.4 Å². The molecule has 8 heteroatoms. The number of nitrogens with one attached hydrogen (secondary N) is 1. The molecule has 3 N–H and O–H groups in total. The highest BCUT2D eigenvalue weighted by Crippen LogP contribution is 2.38. The standard InChI is InChI=1S/C22H18N6O2/c1-3-19(29)28-11-16-14(5-6-17(23)20(16)22(28)30)12-4-7-18-15(8-12)21(26-25-18)13-9-24-27(2)10-13/h3-10H,1,11,23H2,2H3,(H,25,26). The second-order valence-electron chi connectivity index (χ2n) is 7.22. The summed E-state index contributed by atoms with van der Waals surface area (Å²) in [7, 11) is 1.86. The third kappa shape index (κ3) is 2.54. The van der Waals surface area contributed by atoms with Crippen LogP contribution in [-0.2, 0) is 18.4 Å². The van der Waals surface area contributed by atoms with Crippen molar-refractivity contribution in [3.63, 3.8) is 0 Å². The number of carbonyl (C=O) groups is 2. The molecule has 0 spiro atoms. The Morgan fingerprint density at radius 2 is 2.10 bits per heavy atom. The van der Waals surface area contributed by atoms with E-state index in [9.17, 15) is 9.59 Å². The van der Waals surface area contributed by atoms with Gasteiger partial charge in [-0.2, -0.15) is 10.2 Å². The van der Waals surface area contributed by atoms with E-state index in [1.54, 1.807) is 16.9 Å². The molecular formula is C22H18N6O2. The molecule has 2 aromatic heterocycles. The van der Waals surface area contributed by atoms with Crippen LogP contribution < -0.4 is 5.73 Å². The summed E-state index contributed by atoms with van der Waals surface area (Å²) in [6.07, 6.45) is 4.80. The molecule has 0 bridgehead atoms. The Morgan fingerprint density at radius 3 is 2.83 bits per heavy atom. The zero-order valence-corrected chi connectivity index (χ0v) is 16.2. The van der Waals surface area contributed by atoms with Gasteiger partial charge in [0, 0.05) is 29.9 Å².